The first kappa shape index (κ1) is 30.6. The number of rotatable bonds is 9. The van der Waals surface area contributed by atoms with Gasteiger partial charge in [-0.05, 0) is 117 Å². The summed E-state index contributed by atoms with van der Waals surface area (Å²) in [6.07, 6.45) is 7.48. The molecular formula is C32H40O6. The van der Waals surface area contributed by atoms with Gasteiger partial charge in [0.25, 0.3) is 0 Å². The Balaban J connectivity index is 2.38. The Labute approximate surface area is 226 Å². The summed E-state index contributed by atoms with van der Waals surface area (Å²) in [7, 11) is 0. The van der Waals surface area contributed by atoms with Gasteiger partial charge in [-0.15, -0.1) is 0 Å². The highest BCUT2D eigenvalue weighted by Gasteiger charge is 2.26. The summed E-state index contributed by atoms with van der Waals surface area (Å²) >= 11 is 0. The van der Waals surface area contributed by atoms with Crippen LogP contribution in [0, 0.1) is 10.8 Å². The molecule has 0 aliphatic carbocycles. The SMILES string of the molecule is CC=CCc1cc(C=CC(=O)c2ccc(OC(=O)C(C)(C)C)cc2)c(OC(C)C)cc1OC(=O)C(C)(C)C. The third-order valence-electron chi connectivity index (χ3n) is 5.32. The Morgan fingerprint density at radius 3 is 1.95 bits per heavy atom. The van der Waals surface area contributed by atoms with E-state index >= 15 is 0 Å². The van der Waals surface area contributed by atoms with Crippen LogP contribution < -0.4 is 14.2 Å². The number of allylic oxidation sites excluding steroid dienone is 3. The van der Waals surface area contributed by atoms with Crippen LogP contribution in [0.5, 0.6) is 17.2 Å². The van der Waals surface area contributed by atoms with Gasteiger partial charge in [-0.25, -0.2) is 0 Å². The second kappa shape index (κ2) is 12.7. The van der Waals surface area contributed by atoms with Crippen molar-refractivity contribution >= 4 is 23.8 Å². The van der Waals surface area contributed by atoms with E-state index in [1.165, 1.54) is 6.08 Å². The van der Waals surface area contributed by atoms with Crippen molar-refractivity contribution in [2.75, 3.05) is 0 Å². The van der Waals surface area contributed by atoms with Gasteiger partial charge in [0.05, 0.1) is 16.9 Å². The van der Waals surface area contributed by atoms with E-state index in [0.29, 0.717) is 34.8 Å². The predicted molar refractivity (Wildman–Crippen MR) is 151 cm³/mol. The van der Waals surface area contributed by atoms with E-state index in [4.69, 9.17) is 14.2 Å². The molecule has 2 rings (SSSR count). The summed E-state index contributed by atoms with van der Waals surface area (Å²) < 4.78 is 17.1. The second-order valence-electron chi connectivity index (χ2n) is 11.4. The highest BCUT2D eigenvalue weighted by molar-refractivity contribution is 6.07. The fourth-order valence-corrected chi connectivity index (χ4v) is 3.07. The molecule has 0 aliphatic heterocycles. The van der Waals surface area contributed by atoms with Gasteiger partial charge in [-0.2, -0.15) is 0 Å². The quantitative estimate of drug-likeness (QED) is 0.113. The smallest absolute Gasteiger partial charge is 0.316 e. The van der Waals surface area contributed by atoms with Gasteiger partial charge in [-0.3, -0.25) is 14.4 Å². The van der Waals surface area contributed by atoms with E-state index in [1.807, 2.05) is 39.0 Å². The summed E-state index contributed by atoms with van der Waals surface area (Å²) in [5.74, 6) is 0.417. The lowest BCUT2D eigenvalue weighted by Gasteiger charge is -2.20. The summed E-state index contributed by atoms with van der Waals surface area (Å²) in [5.41, 5.74) is 0.654. The number of hydrogen-bond acceptors (Lipinski definition) is 6. The average molecular weight is 521 g/mol. The molecule has 204 valence electrons. The molecule has 6 heteroatoms. The maximum absolute atomic E-state index is 12.9. The maximum atomic E-state index is 12.9. The van der Waals surface area contributed by atoms with Crippen LogP contribution in [0.3, 0.4) is 0 Å². The fraction of sp³-hybridized carbons (Fsp3) is 0.406. The highest BCUT2D eigenvalue weighted by Crippen LogP contribution is 2.33. The zero-order valence-electron chi connectivity index (χ0n) is 24.0. The summed E-state index contributed by atoms with van der Waals surface area (Å²) in [5, 5.41) is 0. The second-order valence-corrected chi connectivity index (χ2v) is 11.4. The van der Waals surface area contributed by atoms with Gasteiger partial charge in [0, 0.05) is 17.2 Å². The van der Waals surface area contributed by atoms with Crippen LogP contribution in [0.1, 0.15) is 83.8 Å². The average Bonchev–Trinajstić information content (AvgIpc) is 2.81. The number of hydrogen-bond donors (Lipinski definition) is 0. The molecule has 0 N–H and O–H groups in total. The molecule has 2 aromatic carbocycles. The molecule has 0 bridgehead atoms. The lowest BCUT2D eigenvalue weighted by atomic mass is 9.97. The van der Waals surface area contributed by atoms with E-state index in [1.54, 1.807) is 78.0 Å². The maximum Gasteiger partial charge on any atom is 0.316 e. The zero-order chi connectivity index (χ0) is 28.7. The lowest BCUT2D eigenvalue weighted by molar-refractivity contribution is -0.143. The summed E-state index contributed by atoms with van der Waals surface area (Å²) in [4.78, 5) is 37.6. The van der Waals surface area contributed by atoms with Crippen LogP contribution in [-0.4, -0.2) is 23.8 Å². The van der Waals surface area contributed by atoms with Gasteiger partial charge in [0.15, 0.2) is 5.78 Å². The van der Waals surface area contributed by atoms with Crippen molar-refractivity contribution in [1.82, 2.24) is 0 Å². The number of benzene rings is 2. The molecule has 0 aliphatic rings. The number of ketones is 1. The van der Waals surface area contributed by atoms with E-state index in [9.17, 15) is 14.4 Å². The van der Waals surface area contributed by atoms with E-state index in [-0.39, 0.29) is 23.8 Å². The molecule has 38 heavy (non-hydrogen) atoms. The number of esters is 2. The molecule has 0 aromatic heterocycles. The molecular weight excluding hydrogens is 480 g/mol. The zero-order valence-corrected chi connectivity index (χ0v) is 24.0. The van der Waals surface area contributed by atoms with Crippen molar-refractivity contribution in [3.8, 4) is 17.2 Å². The van der Waals surface area contributed by atoms with E-state index in [2.05, 4.69) is 0 Å². The predicted octanol–water partition coefficient (Wildman–Crippen LogP) is 7.39. The van der Waals surface area contributed by atoms with Crippen molar-refractivity contribution in [2.45, 2.75) is 74.8 Å². The van der Waals surface area contributed by atoms with Gasteiger partial charge < -0.3 is 14.2 Å². The molecule has 0 saturated carbocycles. The topological polar surface area (TPSA) is 78.9 Å². The number of carbonyl (C=O) groups excluding carboxylic acids is 3. The van der Waals surface area contributed by atoms with E-state index < -0.39 is 10.8 Å². The highest BCUT2D eigenvalue weighted by atomic mass is 16.5. The standard InChI is InChI=1S/C32H40O6/c1-10-11-12-23-19-24(27(36-21(2)3)20-28(23)38-30(35)32(7,8)9)15-18-26(33)22-13-16-25(17-14-22)37-29(34)31(4,5)6/h10-11,13-21H,12H2,1-9H3. The lowest BCUT2D eigenvalue weighted by Crippen LogP contribution is -2.26. The van der Waals surface area contributed by atoms with Crippen LogP contribution >= 0.6 is 0 Å². The minimum atomic E-state index is -0.664. The Morgan fingerprint density at radius 1 is 0.842 bits per heavy atom. The van der Waals surface area contributed by atoms with E-state index in [0.717, 1.165) is 5.56 Å². The fourth-order valence-electron chi connectivity index (χ4n) is 3.07. The van der Waals surface area contributed by atoms with Gasteiger partial charge in [0.2, 0.25) is 0 Å². The molecule has 0 atom stereocenters. The molecule has 0 unspecified atom stereocenters. The van der Waals surface area contributed by atoms with Crippen LogP contribution in [0.4, 0.5) is 0 Å². The Bertz CT molecular complexity index is 1200. The van der Waals surface area contributed by atoms with Crippen molar-refractivity contribution in [3.05, 3.63) is 71.3 Å². The van der Waals surface area contributed by atoms with Crippen LogP contribution in [0.15, 0.2) is 54.6 Å². The molecule has 0 radical (unpaired) electrons. The molecule has 0 saturated heterocycles. The van der Waals surface area contributed by atoms with Crippen molar-refractivity contribution in [3.63, 3.8) is 0 Å². The van der Waals surface area contributed by atoms with Crippen molar-refractivity contribution in [2.24, 2.45) is 10.8 Å². The van der Waals surface area contributed by atoms with Crippen molar-refractivity contribution in [1.29, 1.82) is 0 Å². The van der Waals surface area contributed by atoms with Gasteiger partial charge in [-0.1, -0.05) is 12.2 Å². The third-order valence-corrected chi connectivity index (χ3v) is 5.32. The minimum Gasteiger partial charge on any atom is -0.490 e. The van der Waals surface area contributed by atoms with Crippen LogP contribution in [0.25, 0.3) is 6.08 Å². The molecule has 0 amide bonds. The summed E-state index contributed by atoms with van der Waals surface area (Å²) in [6.45, 7) is 16.5. The van der Waals surface area contributed by atoms with Crippen LogP contribution in [-0.2, 0) is 16.0 Å². The molecule has 0 heterocycles. The van der Waals surface area contributed by atoms with Crippen molar-refractivity contribution < 1.29 is 28.6 Å². The molecule has 0 fully saturated rings. The van der Waals surface area contributed by atoms with Gasteiger partial charge in [0.1, 0.15) is 17.2 Å². The normalized spacial score (nSPS) is 12.3. The third kappa shape index (κ3) is 9.02. The largest absolute Gasteiger partial charge is 0.490 e. The molecule has 2 aromatic rings. The number of ether oxygens (including phenoxy) is 3. The molecule has 0 spiro atoms. The first-order valence-corrected chi connectivity index (χ1v) is 12.8. The summed E-state index contributed by atoms with van der Waals surface area (Å²) in [6, 6.07) is 10.0. The minimum absolute atomic E-state index is 0.131. The first-order chi connectivity index (χ1) is 17.6. The Kier molecular flexibility index (Phi) is 10.2. The van der Waals surface area contributed by atoms with Gasteiger partial charge >= 0.3 is 11.9 Å². The Morgan fingerprint density at radius 2 is 1.42 bits per heavy atom. The molecule has 6 nitrogen and oxygen atoms in total. The van der Waals surface area contributed by atoms with Crippen LogP contribution in [0.2, 0.25) is 0 Å². The Hall–Kier alpha value is -3.67. The number of carbonyl (C=O) groups is 3. The monoisotopic (exact) mass is 520 g/mol. The first-order valence-electron chi connectivity index (χ1n) is 12.8.